The van der Waals surface area contributed by atoms with E-state index in [-0.39, 0.29) is 0 Å². The van der Waals surface area contributed by atoms with Crippen LogP contribution in [-0.2, 0) is 5.41 Å². The molecule has 1 spiro atoms. The van der Waals surface area contributed by atoms with Gasteiger partial charge in [0, 0.05) is 30.4 Å². The van der Waals surface area contributed by atoms with E-state index in [2.05, 4.69) is 118 Å². The Kier molecular flexibility index (Phi) is 5.21. The minimum absolute atomic E-state index is 0.518. The summed E-state index contributed by atoms with van der Waals surface area (Å²) in [6.45, 7) is 7.65. The zero-order valence-corrected chi connectivity index (χ0v) is 24.0. The van der Waals surface area contributed by atoms with Crippen LogP contribution in [0, 0.1) is 17.9 Å². The smallest absolute Gasteiger partial charge is 0.205 e. The van der Waals surface area contributed by atoms with E-state index >= 15 is 0 Å². The van der Waals surface area contributed by atoms with Crippen molar-refractivity contribution in [2.75, 3.05) is 0 Å². The number of benzene rings is 5. The Morgan fingerprint density at radius 2 is 1.24 bits per heavy atom. The summed E-state index contributed by atoms with van der Waals surface area (Å²) in [5.74, 6) is 0. The van der Waals surface area contributed by atoms with Gasteiger partial charge in [0.2, 0.25) is 5.69 Å². The Labute approximate surface area is 260 Å². The molecule has 0 radical (unpaired) electrons. The second kappa shape index (κ2) is 9.32. The molecule has 0 atom stereocenters. The number of nitrogens with zero attached hydrogens (tertiary/aromatic N) is 4. The van der Waals surface area contributed by atoms with Gasteiger partial charge in [-0.25, -0.2) is 4.85 Å². The van der Waals surface area contributed by atoms with Crippen molar-refractivity contribution in [1.82, 2.24) is 9.97 Å². The number of fused-ring (bicyclic) bond motifs is 12. The average molecular weight is 571 g/mol. The summed E-state index contributed by atoms with van der Waals surface area (Å²) < 4.78 is 0. The summed E-state index contributed by atoms with van der Waals surface area (Å²) in [5.41, 5.74) is 14.2. The Bertz CT molecular complexity index is 2430. The van der Waals surface area contributed by atoms with E-state index in [1.165, 1.54) is 49.9 Å². The van der Waals surface area contributed by atoms with Gasteiger partial charge in [0.15, 0.2) is 0 Å². The molecule has 45 heavy (non-hydrogen) atoms. The van der Waals surface area contributed by atoms with Crippen LogP contribution in [0.2, 0.25) is 0 Å². The first kappa shape index (κ1) is 25.2. The third-order valence-corrected chi connectivity index (χ3v) is 9.46. The number of hydrogen-bond acceptors (Lipinski definition) is 3. The zero-order chi connectivity index (χ0) is 30.1. The van der Waals surface area contributed by atoms with Crippen molar-refractivity contribution >= 4 is 16.5 Å². The zero-order valence-electron chi connectivity index (χ0n) is 24.0. The van der Waals surface area contributed by atoms with Crippen LogP contribution in [0.1, 0.15) is 27.8 Å². The van der Waals surface area contributed by atoms with E-state index in [1.807, 2.05) is 24.5 Å². The average Bonchev–Trinajstić information content (AvgIpc) is 3.58. The summed E-state index contributed by atoms with van der Waals surface area (Å²) >= 11 is 0. The maximum Gasteiger partial charge on any atom is 0.205 e. The number of hydrogen-bond donors (Lipinski definition) is 0. The largest absolute Gasteiger partial charge is 0.276 e. The van der Waals surface area contributed by atoms with Gasteiger partial charge in [-0.2, -0.15) is 5.26 Å². The predicted octanol–water partition coefficient (Wildman–Crippen LogP) is 9.73. The molecule has 0 saturated carbocycles. The summed E-state index contributed by atoms with van der Waals surface area (Å²) in [6, 6.07) is 41.2. The molecule has 0 saturated heterocycles. The third-order valence-electron chi connectivity index (χ3n) is 9.46. The van der Waals surface area contributed by atoms with E-state index in [4.69, 9.17) is 6.57 Å². The number of rotatable bonds is 2. The molecular formula is C41H22N4. The Morgan fingerprint density at radius 3 is 2.00 bits per heavy atom. The van der Waals surface area contributed by atoms with E-state index in [0.717, 1.165) is 27.6 Å². The van der Waals surface area contributed by atoms with Gasteiger partial charge in [-0.3, -0.25) is 9.97 Å². The number of nitriles is 1. The fourth-order valence-electron chi connectivity index (χ4n) is 7.71. The lowest BCUT2D eigenvalue weighted by atomic mass is 9.69. The first-order chi connectivity index (χ1) is 22.2. The minimum atomic E-state index is -0.572. The molecule has 0 amide bonds. The molecule has 9 rings (SSSR count). The van der Waals surface area contributed by atoms with Gasteiger partial charge >= 0.3 is 0 Å². The first-order valence-electron chi connectivity index (χ1n) is 14.8. The Balaban J connectivity index is 1.46. The van der Waals surface area contributed by atoms with Crippen molar-refractivity contribution in [3.63, 3.8) is 0 Å². The molecule has 206 valence electrons. The van der Waals surface area contributed by atoms with E-state index in [9.17, 15) is 5.26 Å². The van der Waals surface area contributed by atoms with Crippen LogP contribution in [-0.4, -0.2) is 9.97 Å². The van der Waals surface area contributed by atoms with Crippen LogP contribution in [0.4, 0.5) is 5.69 Å². The lowest BCUT2D eigenvalue weighted by Crippen LogP contribution is -2.26. The number of pyridine rings is 2. The molecule has 4 nitrogen and oxygen atoms in total. The van der Waals surface area contributed by atoms with Crippen LogP contribution < -0.4 is 0 Å². The molecule has 0 unspecified atom stereocenters. The van der Waals surface area contributed by atoms with Crippen molar-refractivity contribution in [3.8, 4) is 50.6 Å². The quantitative estimate of drug-likeness (QED) is 0.194. The number of aromatic nitrogens is 2. The monoisotopic (exact) mass is 570 g/mol. The lowest BCUT2D eigenvalue weighted by molar-refractivity contribution is 0.795. The van der Waals surface area contributed by atoms with Crippen molar-refractivity contribution in [2.45, 2.75) is 5.41 Å². The van der Waals surface area contributed by atoms with Gasteiger partial charge in [-0.15, -0.1) is 0 Å². The molecule has 7 aromatic rings. The highest BCUT2D eigenvalue weighted by Gasteiger charge is 2.52. The molecule has 0 aliphatic heterocycles. The van der Waals surface area contributed by atoms with Gasteiger partial charge in [-0.05, 0) is 96.2 Å². The normalized spacial score (nSPS) is 13.0. The van der Waals surface area contributed by atoms with Crippen molar-refractivity contribution in [2.24, 2.45) is 0 Å². The van der Waals surface area contributed by atoms with Crippen molar-refractivity contribution in [3.05, 3.63) is 173 Å². The highest BCUT2D eigenvalue weighted by atomic mass is 14.7. The van der Waals surface area contributed by atoms with Gasteiger partial charge in [0.25, 0.3) is 0 Å². The van der Waals surface area contributed by atoms with Gasteiger partial charge < -0.3 is 0 Å². The molecule has 0 bridgehead atoms. The van der Waals surface area contributed by atoms with Crippen LogP contribution in [0.3, 0.4) is 0 Å². The second-order valence-electron chi connectivity index (χ2n) is 11.6. The molecule has 5 aromatic carbocycles. The molecular weight excluding hydrogens is 548 g/mol. The summed E-state index contributed by atoms with van der Waals surface area (Å²) in [4.78, 5) is 12.5. The van der Waals surface area contributed by atoms with E-state index in [1.54, 1.807) is 12.4 Å². The van der Waals surface area contributed by atoms with Crippen LogP contribution >= 0.6 is 0 Å². The fourth-order valence-corrected chi connectivity index (χ4v) is 7.71. The van der Waals surface area contributed by atoms with Crippen LogP contribution in [0.25, 0.3) is 60.1 Å². The highest BCUT2D eigenvalue weighted by molar-refractivity contribution is 6.11. The summed E-state index contributed by atoms with van der Waals surface area (Å²) in [7, 11) is 0. The van der Waals surface area contributed by atoms with Crippen LogP contribution in [0.15, 0.2) is 134 Å². The van der Waals surface area contributed by atoms with Gasteiger partial charge in [0.1, 0.15) is 6.07 Å². The van der Waals surface area contributed by atoms with Gasteiger partial charge in [0.05, 0.1) is 17.6 Å². The SMILES string of the molecule is [C-]#[N+]c1cncc(-c2cc3c(c4ccccc24)-c2ccc(-c4cncc(C#N)c4)cc2C32c3ccccc3-c3ccccc32)c1. The topological polar surface area (TPSA) is 53.9 Å². The maximum absolute atomic E-state index is 9.61. The lowest BCUT2D eigenvalue weighted by Gasteiger charge is -2.31. The first-order valence-corrected chi connectivity index (χ1v) is 14.8. The van der Waals surface area contributed by atoms with Crippen molar-refractivity contribution < 1.29 is 0 Å². The van der Waals surface area contributed by atoms with Crippen LogP contribution in [0.5, 0.6) is 0 Å². The molecule has 0 N–H and O–H groups in total. The summed E-state index contributed by atoms with van der Waals surface area (Å²) in [5, 5.41) is 11.9. The predicted molar refractivity (Wildman–Crippen MR) is 178 cm³/mol. The molecule has 2 heterocycles. The minimum Gasteiger partial charge on any atom is -0.276 e. The molecule has 0 fully saturated rings. The highest BCUT2D eigenvalue weighted by Crippen LogP contribution is 2.64. The van der Waals surface area contributed by atoms with E-state index < -0.39 is 5.41 Å². The standard InChI is InChI=1S/C41H22N4/c1-43-29-17-28(23-45-24-29)35-19-39-40(33-11-3-2-8-30(33)35)34-15-14-26(27-16-25(20-42)21-44-22-27)18-38(34)41(39)36-12-6-4-9-31(36)32-10-5-7-13-37(32)41/h2-19,21-24H. The van der Waals surface area contributed by atoms with E-state index in [0.29, 0.717) is 11.3 Å². The Morgan fingerprint density at radius 1 is 0.556 bits per heavy atom. The molecule has 4 heteroatoms. The van der Waals surface area contributed by atoms with Gasteiger partial charge in [-0.1, -0.05) is 84.9 Å². The molecule has 2 aliphatic carbocycles. The Hall–Kier alpha value is -6.36. The fraction of sp³-hybridized carbons (Fsp3) is 0.0244. The second-order valence-corrected chi connectivity index (χ2v) is 11.6. The summed E-state index contributed by atoms with van der Waals surface area (Å²) in [6.07, 6.45) is 6.91. The maximum atomic E-state index is 9.61. The van der Waals surface area contributed by atoms with Crippen molar-refractivity contribution in [1.29, 1.82) is 5.26 Å². The molecule has 2 aliphatic rings. The molecule has 2 aromatic heterocycles. The third kappa shape index (κ3) is 3.34.